The molecule has 5 atom stereocenters. The Kier molecular flexibility index (Phi) is 5.53. The fourth-order valence-corrected chi connectivity index (χ4v) is 7.38. The van der Waals surface area contributed by atoms with Gasteiger partial charge in [-0.15, -0.1) is 0 Å². The van der Waals surface area contributed by atoms with E-state index in [0.29, 0.717) is 51.6 Å². The Balaban J connectivity index is 1.29. The topological polar surface area (TPSA) is 70.2 Å². The van der Waals surface area contributed by atoms with Gasteiger partial charge in [0.15, 0.2) is 0 Å². The van der Waals surface area contributed by atoms with E-state index in [2.05, 4.69) is 0 Å². The lowest BCUT2D eigenvalue weighted by Gasteiger charge is -2.40. The van der Waals surface area contributed by atoms with Crippen molar-refractivity contribution in [2.45, 2.75) is 58.2 Å². The summed E-state index contributed by atoms with van der Waals surface area (Å²) < 4.78 is 34.7. The molecule has 7 nitrogen and oxygen atoms in total. The van der Waals surface area contributed by atoms with E-state index < -0.39 is 10.2 Å². The molecule has 4 rings (SSSR count). The van der Waals surface area contributed by atoms with Crippen LogP contribution in [0.1, 0.15) is 46.0 Å². The van der Waals surface area contributed by atoms with Gasteiger partial charge >= 0.3 is 0 Å². The summed E-state index contributed by atoms with van der Waals surface area (Å²) in [7, 11) is -3.48. The van der Waals surface area contributed by atoms with Gasteiger partial charge in [-0.1, -0.05) is 6.42 Å². The molecule has 8 heteroatoms. The third-order valence-electron chi connectivity index (χ3n) is 6.95. The molecule has 0 aromatic carbocycles. The maximum absolute atomic E-state index is 13.0. The summed E-state index contributed by atoms with van der Waals surface area (Å²) in [6, 6.07) is 0. The lowest BCUT2D eigenvalue weighted by Crippen LogP contribution is -2.57. The van der Waals surface area contributed by atoms with Crippen LogP contribution in [0.5, 0.6) is 0 Å². The van der Waals surface area contributed by atoms with Crippen LogP contribution >= 0.6 is 0 Å². The molecule has 0 aromatic heterocycles. The fourth-order valence-electron chi connectivity index (χ4n) is 5.63. The summed E-state index contributed by atoms with van der Waals surface area (Å²) in [6.07, 6.45) is 5.67. The van der Waals surface area contributed by atoms with Gasteiger partial charge < -0.3 is 9.64 Å². The highest BCUT2D eigenvalue weighted by Gasteiger charge is 2.41. The number of hydrogen-bond donors (Lipinski definition) is 0. The van der Waals surface area contributed by atoms with Crippen molar-refractivity contribution in [2.75, 3.05) is 39.3 Å². The van der Waals surface area contributed by atoms with Crippen molar-refractivity contribution >= 4 is 16.1 Å². The molecule has 2 aliphatic carbocycles. The van der Waals surface area contributed by atoms with E-state index in [1.807, 2.05) is 18.7 Å². The molecule has 0 unspecified atom stereocenters. The van der Waals surface area contributed by atoms with Gasteiger partial charge in [-0.25, -0.2) is 0 Å². The van der Waals surface area contributed by atoms with Gasteiger partial charge in [0.05, 0.1) is 12.2 Å². The number of carbonyl (C=O) groups is 1. The van der Waals surface area contributed by atoms with Gasteiger partial charge in [-0.05, 0) is 50.9 Å². The monoisotopic (exact) mass is 399 g/mol. The fraction of sp³-hybridized carbons (Fsp3) is 0.947. The van der Waals surface area contributed by atoms with E-state index in [4.69, 9.17) is 4.74 Å². The third-order valence-corrected chi connectivity index (χ3v) is 8.92. The zero-order valence-electron chi connectivity index (χ0n) is 16.5. The average Bonchev–Trinajstić information content (AvgIpc) is 3.24. The van der Waals surface area contributed by atoms with Crippen LogP contribution in [0.25, 0.3) is 0 Å². The Labute approximate surface area is 163 Å². The van der Waals surface area contributed by atoms with Crippen molar-refractivity contribution in [1.29, 1.82) is 0 Å². The highest BCUT2D eigenvalue weighted by molar-refractivity contribution is 7.86. The second-order valence-corrected chi connectivity index (χ2v) is 10.9. The molecular weight excluding hydrogens is 366 g/mol. The van der Waals surface area contributed by atoms with E-state index in [-0.39, 0.29) is 18.1 Å². The van der Waals surface area contributed by atoms with E-state index in [9.17, 15) is 13.2 Å². The van der Waals surface area contributed by atoms with Gasteiger partial charge in [0.25, 0.3) is 10.2 Å². The summed E-state index contributed by atoms with van der Waals surface area (Å²) in [6.45, 7) is 6.42. The van der Waals surface area contributed by atoms with Crippen LogP contribution in [0.3, 0.4) is 0 Å². The first-order valence-corrected chi connectivity index (χ1v) is 11.9. The van der Waals surface area contributed by atoms with Gasteiger partial charge in [-0.2, -0.15) is 17.0 Å². The molecule has 4 fully saturated rings. The molecule has 2 saturated heterocycles. The minimum Gasteiger partial charge on any atom is -0.373 e. The van der Waals surface area contributed by atoms with Crippen LogP contribution in [0.4, 0.5) is 0 Å². The van der Waals surface area contributed by atoms with Gasteiger partial charge in [0, 0.05) is 45.7 Å². The van der Waals surface area contributed by atoms with Crippen molar-refractivity contribution in [3.05, 3.63) is 0 Å². The van der Waals surface area contributed by atoms with Crippen molar-refractivity contribution in [2.24, 2.45) is 17.8 Å². The van der Waals surface area contributed by atoms with Crippen molar-refractivity contribution in [3.8, 4) is 0 Å². The van der Waals surface area contributed by atoms with Gasteiger partial charge in [0.1, 0.15) is 0 Å². The molecule has 27 heavy (non-hydrogen) atoms. The van der Waals surface area contributed by atoms with Crippen LogP contribution in [-0.2, 0) is 19.7 Å². The number of rotatable bonds is 4. The standard InChI is InChI=1S/C19H33N3O4S/c1-14-12-22(13-15(2)26-14)27(24,25)21-7-5-20(6-8-21)19(23)11-18-10-16-3-4-17(18)9-16/h14-18H,3-13H2,1-2H3/t14-,15+,16-,17-,18+/m0/s1. The molecule has 0 aromatic rings. The summed E-state index contributed by atoms with van der Waals surface area (Å²) in [5.74, 6) is 2.39. The Morgan fingerprint density at radius 2 is 1.63 bits per heavy atom. The highest BCUT2D eigenvalue weighted by atomic mass is 32.2. The van der Waals surface area contributed by atoms with E-state index in [1.54, 1.807) is 8.61 Å². The lowest BCUT2D eigenvalue weighted by atomic mass is 9.86. The lowest BCUT2D eigenvalue weighted by molar-refractivity contribution is -0.133. The molecule has 2 aliphatic heterocycles. The first-order chi connectivity index (χ1) is 12.8. The summed E-state index contributed by atoms with van der Waals surface area (Å²) >= 11 is 0. The number of fused-ring (bicyclic) bond motifs is 2. The molecule has 0 N–H and O–H groups in total. The van der Waals surface area contributed by atoms with Crippen molar-refractivity contribution in [3.63, 3.8) is 0 Å². The molecule has 2 bridgehead atoms. The third kappa shape index (κ3) is 4.04. The smallest absolute Gasteiger partial charge is 0.282 e. The molecule has 2 saturated carbocycles. The Bertz CT molecular complexity index is 652. The maximum Gasteiger partial charge on any atom is 0.282 e. The Morgan fingerprint density at radius 1 is 0.963 bits per heavy atom. The predicted molar refractivity (Wildman–Crippen MR) is 102 cm³/mol. The maximum atomic E-state index is 13.0. The zero-order chi connectivity index (χ0) is 19.2. The predicted octanol–water partition coefficient (Wildman–Crippen LogP) is 1.31. The number of morpholine rings is 1. The van der Waals surface area contributed by atoms with E-state index >= 15 is 0 Å². The number of hydrogen-bond acceptors (Lipinski definition) is 4. The Morgan fingerprint density at radius 3 is 2.19 bits per heavy atom. The molecular formula is C19H33N3O4S. The average molecular weight is 400 g/mol. The molecule has 2 heterocycles. The van der Waals surface area contributed by atoms with Crippen LogP contribution < -0.4 is 0 Å². The highest BCUT2D eigenvalue weighted by Crippen LogP contribution is 2.49. The quantitative estimate of drug-likeness (QED) is 0.715. The molecule has 4 aliphatic rings. The van der Waals surface area contributed by atoms with Crippen LogP contribution in [0.15, 0.2) is 0 Å². The summed E-state index contributed by atoms with van der Waals surface area (Å²) in [5.41, 5.74) is 0. The zero-order valence-corrected chi connectivity index (χ0v) is 17.4. The molecule has 1 amide bonds. The Hall–Kier alpha value is -0.700. The summed E-state index contributed by atoms with van der Waals surface area (Å²) in [5, 5.41) is 0. The minimum absolute atomic E-state index is 0.0897. The summed E-state index contributed by atoms with van der Waals surface area (Å²) in [4.78, 5) is 14.6. The number of carbonyl (C=O) groups excluding carboxylic acids is 1. The number of ether oxygens (including phenoxy) is 1. The SMILES string of the molecule is C[C@@H]1CN(S(=O)(=O)N2CCN(C(=O)C[C@H]3C[C@H]4CC[C@H]3C4)CC2)C[C@H](C)O1. The van der Waals surface area contributed by atoms with Crippen molar-refractivity contribution in [1.82, 2.24) is 13.5 Å². The number of piperazine rings is 1. The van der Waals surface area contributed by atoms with Crippen LogP contribution in [0.2, 0.25) is 0 Å². The second-order valence-electron chi connectivity index (χ2n) is 9.00. The number of nitrogens with zero attached hydrogens (tertiary/aromatic N) is 3. The van der Waals surface area contributed by atoms with Gasteiger partial charge in [0.2, 0.25) is 5.91 Å². The van der Waals surface area contributed by atoms with Crippen LogP contribution in [-0.4, -0.2) is 79.3 Å². The minimum atomic E-state index is -3.48. The first kappa shape index (κ1) is 19.6. The second kappa shape index (κ2) is 7.61. The molecule has 0 radical (unpaired) electrons. The normalized spacial score (nSPS) is 38.4. The van der Waals surface area contributed by atoms with Crippen molar-refractivity contribution < 1.29 is 17.9 Å². The molecule has 0 spiro atoms. The molecule has 154 valence electrons. The van der Waals surface area contributed by atoms with E-state index in [1.165, 1.54) is 25.7 Å². The number of amides is 1. The van der Waals surface area contributed by atoms with Crippen LogP contribution in [0, 0.1) is 17.8 Å². The van der Waals surface area contributed by atoms with E-state index in [0.717, 1.165) is 11.8 Å². The first-order valence-electron chi connectivity index (χ1n) is 10.5. The van der Waals surface area contributed by atoms with Gasteiger partial charge in [-0.3, -0.25) is 4.79 Å². The largest absolute Gasteiger partial charge is 0.373 e.